The first-order chi connectivity index (χ1) is 15.0. The van der Waals surface area contributed by atoms with Gasteiger partial charge in [-0.15, -0.1) is 11.3 Å². The number of benzene rings is 1. The van der Waals surface area contributed by atoms with E-state index in [1.165, 1.54) is 9.78 Å². The third-order valence-electron chi connectivity index (χ3n) is 5.21. The van der Waals surface area contributed by atoms with Crippen LogP contribution in [0, 0.1) is 12.3 Å². The highest BCUT2D eigenvalue weighted by Crippen LogP contribution is 2.40. The van der Waals surface area contributed by atoms with Crippen molar-refractivity contribution in [3.8, 4) is 5.75 Å². The number of phenolic OH excluding ortho intramolecular Hbond substituents is 1. The molecule has 1 amide bonds. The van der Waals surface area contributed by atoms with Gasteiger partial charge in [-0.25, -0.2) is 4.99 Å². The van der Waals surface area contributed by atoms with E-state index >= 15 is 0 Å². The lowest BCUT2D eigenvalue weighted by atomic mass is 9.82. The highest BCUT2D eigenvalue weighted by atomic mass is 32.1. The molecule has 2 rings (SSSR count). The van der Waals surface area contributed by atoms with Crippen LogP contribution in [0.5, 0.6) is 5.75 Å². The SMILES string of the molecule is Cc1ccc([C@H](N=C(N)C(N)=Nc2ccc(C(C)(C)C)c(C(=O)N(C)C)c2O)C(C)(C)C)s1. The van der Waals surface area contributed by atoms with Crippen molar-refractivity contribution in [2.24, 2.45) is 26.9 Å². The van der Waals surface area contributed by atoms with E-state index in [0.717, 1.165) is 10.4 Å². The van der Waals surface area contributed by atoms with E-state index in [-0.39, 0.29) is 51.5 Å². The molecular weight excluding hydrogens is 434 g/mol. The van der Waals surface area contributed by atoms with Crippen LogP contribution < -0.4 is 11.5 Å². The molecule has 0 spiro atoms. The molecule has 0 saturated carbocycles. The molecule has 1 atom stereocenters. The van der Waals surface area contributed by atoms with E-state index in [0.29, 0.717) is 0 Å². The number of phenols is 1. The number of carbonyl (C=O) groups is 1. The van der Waals surface area contributed by atoms with Gasteiger partial charge in [0.2, 0.25) is 0 Å². The lowest BCUT2D eigenvalue weighted by Crippen LogP contribution is -2.33. The Bertz CT molecular complexity index is 1090. The summed E-state index contributed by atoms with van der Waals surface area (Å²) in [6, 6.07) is 7.35. The number of hydrogen-bond acceptors (Lipinski definition) is 5. The number of aliphatic imine (C=N–C) groups is 2. The number of nitrogens with zero attached hydrogens (tertiary/aromatic N) is 3. The Hall–Kier alpha value is -2.87. The van der Waals surface area contributed by atoms with Gasteiger partial charge in [0.05, 0.1) is 11.6 Å². The van der Waals surface area contributed by atoms with Gasteiger partial charge in [-0.1, -0.05) is 47.6 Å². The van der Waals surface area contributed by atoms with Gasteiger partial charge in [-0.05, 0) is 41.5 Å². The van der Waals surface area contributed by atoms with Crippen LogP contribution in [0.1, 0.15) is 73.3 Å². The van der Waals surface area contributed by atoms with Crippen molar-refractivity contribution in [1.82, 2.24) is 4.90 Å². The third kappa shape index (κ3) is 6.13. The minimum absolute atomic E-state index is 0.0143. The summed E-state index contributed by atoms with van der Waals surface area (Å²) in [5, 5.41) is 11.0. The summed E-state index contributed by atoms with van der Waals surface area (Å²) in [4.78, 5) is 25.6. The zero-order valence-corrected chi connectivity index (χ0v) is 22.0. The average Bonchev–Trinajstić information content (AvgIpc) is 3.10. The van der Waals surface area contributed by atoms with E-state index in [1.54, 1.807) is 37.6 Å². The van der Waals surface area contributed by atoms with Crippen LogP contribution in [-0.4, -0.2) is 41.7 Å². The summed E-state index contributed by atoms with van der Waals surface area (Å²) >= 11 is 1.67. The van der Waals surface area contributed by atoms with Crippen LogP contribution >= 0.6 is 11.3 Å². The second-order valence-electron chi connectivity index (χ2n) is 10.5. The number of hydrogen-bond donors (Lipinski definition) is 3. The van der Waals surface area contributed by atoms with Gasteiger partial charge in [0.1, 0.15) is 5.69 Å². The fraction of sp³-hybridized carbons (Fsp3) is 0.480. The molecule has 0 bridgehead atoms. The third-order valence-corrected chi connectivity index (χ3v) is 6.26. The zero-order valence-electron chi connectivity index (χ0n) is 21.1. The zero-order chi connectivity index (χ0) is 25.3. The summed E-state index contributed by atoms with van der Waals surface area (Å²) in [5.74, 6) is -0.464. The summed E-state index contributed by atoms with van der Waals surface area (Å²) in [5.41, 5.74) is 13.0. The molecule has 0 fully saturated rings. The minimum atomic E-state index is -0.356. The smallest absolute Gasteiger partial charge is 0.257 e. The maximum atomic E-state index is 12.9. The van der Waals surface area contributed by atoms with Crippen LogP contribution in [0.25, 0.3) is 0 Å². The molecule has 0 aliphatic rings. The highest BCUT2D eigenvalue weighted by Gasteiger charge is 2.29. The highest BCUT2D eigenvalue weighted by molar-refractivity contribution is 7.12. The second-order valence-corrected chi connectivity index (χ2v) is 11.9. The predicted molar refractivity (Wildman–Crippen MR) is 139 cm³/mol. The number of amidine groups is 2. The Morgan fingerprint density at radius 2 is 1.64 bits per heavy atom. The molecule has 7 nitrogen and oxygen atoms in total. The van der Waals surface area contributed by atoms with Crippen molar-refractivity contribution in [3.63, 3.8) is 0 Å². The number of nitrogens with two attached hydrogens (primary N) is 2. The summed E-state index contributed by atoms with van der Waals surface area (Å²) in [7, 11) is 3.28. The summed E-state index contributed by atoms with van der Waals surface area (Å²) in [6.07, 6.45) is 0. The predicted octanol–water partition coefficient (Wildman–Crippen LogP) is 4.89. The summed E-state index contributed by atoms with van der Waals surface area (Å²) in [6.45, 7) is 14.3. The van der Waals surface area contributed by atoms with Gasteiger partial charge in [0.25, 0.3) is 5.91 Å². The lowest BCUT2D eigenvalue weighted by molar-refractivity contribution is 0.0822. The Morgan fingerprint density at radius 3 is 2.09 bits per heavy atom. The van der Waals surface area contributed by atoms with Gasteiger partial charge in [-0.3, -0.25) is 9.79 Å². The molecule has 0 aliphatic carbocycles. The average molecular weight is 472 g/mol. The first kappa shape index (κ1) is 26.4. The fourth-order valence-electron chi connectivity index (χ4n) is 3.41. The maximum absolute atomic E-state index is 12.9. The van der Waals surface area contributed by atoms with Crippen molar-refractivity contribution in [2.45, 2.75) is 59.9 Å². The first-order valence-electron chi connectivity index (χ1n) is 10.9. The lowest BCUT2D eigenvalue weighted by Gasteiger charge is -2.27. The van der Waals surface area contributed by atoms with Gasteiger partial charge < -0.3 is 21.5 Å². The molecule has 0 radical (unpaired) electrons. The van der Waals surface area contributed by atoms with E-state index in [9.17, 15) is 9.90 Å². The van der Waals surface area contributed by atoms with E-state index in [1.807, 2.05) is 27.7 Å². The number of rotatable bonds is 4. The molecule has 0 unspecified atom stereocenters. The molecule has 1 heterocycles. The number of thiophene rings is 1. The molecular formula is C25H37N5O2S. The Labute approximate surface area is 201 Å². The standard InChI is InChI=1S/C25H37N5O2S/c1-14-10-13-17(33-14)20(25(5,6)7)29-22(27)21(26)28-16-12-11-15(24(2,3)4)18(19(16)31)23(32)30(8)9/h10-13,20,31H,1-9H3,(H2,26,28)(H2,27,29)/t20-/m0/s1. The van der Waals surface area contributed by atoms with Crippen LogP contribution in [0.15, 0.2) is 34.3 Å². The normalized spacial score (nSPS) is 14.3. The van der Waals surface area contributed by atoms with Gasteiger partial charge in [0, 0.05) is 23.8 Å². The summed E-state index contributed by atoms with van der Waals surface area (Å²) < 4.78 is 0. The number of aryl methyl sites for hydroxylation is 1. The van der Waals surface area contributed by atoms with Crippen molar-refractivity contribution in [3.05, 3.63) is 45.1 Å². The molecule has 8 heteroatoms. The van der Waals surface area contributed by atoms with Gasteiger partial charge in [-0.2, -0.15) is 0 Å². The van der Waals surface area contributed by atoms with E-state index < -0.39 is 0 Å². The number of aromatic hydroxyl groups is 1. The van der Waals surface area contributed by atoms with E-state index in [2.05, 4.69) is 37.9 Å². The largest absolute Gasteiger partial charge is 0.505 e. The molecule has 1 aromatic heterocycles. The van der Waals surface area contributed by atoms with Crippen molar-refractivity contribution < 1.29 is 9.90 Å². The van der Waals surface area contributed by atoms with Crippen molar-refractivity contribution in [1.29, 1.82) is 0 Å². The molecule has 33 heavy (non-hydrogen) atoms. The van der Waals surface area contributed by atoms with Crippen molar-refractivity contribution in [2.75, 3.05) is 14.1 Å². The second kappa shape index (κ2) is 9.55. The first-order valence-corrected chi connectivity index (χ1v) is 11.7. The van der Waals surface area contributed by atoms with Crippen LogP contribution in [0.3, 0.4) is 0 Å². The van der Waals surface area contributed by atoms with Gasteiger partial charge >= 0.3 is 0 Å². The number of carbonyl (C=O) groups excluding carboxylic acids is 1. The minimum Gasteiger partial charge on any atom is -0.505 e. The molecule has 1 aromatic carbocycles. The van der Waals surface area contributed by atoms with E-state index in [4.69, 9.17) is 16.5 Å². The fourth-order valence-corrected chi connectivity index (χ4v) is 4.57. The Kier molecular flexibility index (Phi) is 7.63. The molecule has 5 N–H and O–H groups in total. The van der Waals surface area contributed by atoms with Crippen molar-refractivity contribution >= 4 is 34.6 Å². The van der Waals surface area contributed by atoms with Gasteiger partial charge in [0.15, 0.2) is 17.4 Å². The molecule has 180 valence electrons. The Morgan fingerprint density at radius 1 is 1.03 bits per heavy atom. The molecule has 2 aromatic rings. The number of amides is 1. The van der Waals surface area contributed by atoms with Crippen LogP contribution in [0.4, 0.5) is 5.69 Å². The maximum Gasteiger partial charge on any atom is 0.257 e. The Balaban J connectivity index is 2.57. The quantitative estimate of drug-likeness (QED) is 0.434. The molecule has 0 saturated heterocycles. The monoisotopic (exact) mass is 471 g/mol. The topological polar surface area (TPSA) is 117 Å². The molecule has 0 aliphatic heterocycles. The van der Waals surface area contributed by atoms with Crippen LogP contribution in [-0.2, 0) is 5.41 Å². The van der Waals surface area contributed by atoms with Crippen LogP contribution in [0.2, 0.25) is 0 Å².